The van der Waals surface area contributed by atoms with Gasteiger partial charge in [-0.1, -0.05) is 30.3 Å². The Hall–Kier alpha value is -2.60. The van der Waals surface area contributed by atoms with Crippen molar-refractivity contribution in [1.29, 1.82) is 0 Å². The minimum atomic E-state index is 0.803. The van der Waals surface area contributed by atoms with Crippen LogP contribution in [-0.4, -0.2) is 67.1 Å². The van der Waals surface area contributed by atoms with E-state index in [0.29, 0.717) is 0 Å². The molecule has 154 valence electrons. The van der Waals surface area contributed by atoms with Crippen LogP contribution in [0.5, 0.6) is 0 Å². The second-order valence-corrected chi connectivity index (χ2v) is 7.86. The van der Waals surface area contributed by atoms with Crippen molar-refractivity contribution in [1.82, 2.24) is 20.1 Å². The largest absolute Gasteiger partial charge is 0.353 e. The Kier molecular flexibility index (Phi) is 6.62. The summed E-state index contributed by atoms with van der Waals surface area (Å²) >= 11 is 0. The number of pyridine rings is 1. The zero-order valence-corrected chi connectivity index (χ0v) is 17.4. The van der Waals surface area contributed by atoms with E-state index in [9.17, 15) is 0 Å². The first-order chi connectivity index (χ1) is 14.3. The Balaban J connectivity index is 1.25. The summed E-state index contributed by atoms with van der Waals surface area (Å²) in [6.07, 6.45) is 4.55. The molecule has 2 fully saturated rings. The number of nitrogens with zero attached hydrogens (tertiary/aromatic N) is 5. The lowest BCUT2D eigenvalue weighted by Crippen LogP contribution is -2.52. The second-order valence-electron chi connectivity index (χ2n) is 7.86. The summed E-state index contributed by atoms with van der Waals surface area (Å²) in [5.41, 5.74) is 2.70. The third-order valence-electron chi connectivity index (χ3n) is 5.84. The monoisotopic (exact) mass is 392 g/mol. The number of hydrogen-bond donors (Lipinski definition) is 1. The number of piperazine rings is 1. The van der Waals surface area contributed by atoms with Gasteiger partial charge < -0.3 is 15.1 Å². The quantitative estimate of drug-likeness (QED) is 0.626. The highest BCUT2D eigenvalue weighted by Crippen LogP contribution is 2.14. The molecule has 2 aromatic rings. The average Bonchev–Trinajstić information content (AvgIpc) is 3.29. The number of hydrogen-bond acceptors (Lipinski definition) is 4. The highest BCUT2D eigenvalue weighted by molar-refractivity contribution is 5.80. The van der Waals surface area contributed by atoms with E-state index in [4.69, 9.17) is 0 Å². The molecule has 2 saturated heterocycles. The van der Waals surface area contributed by atoms with Crippen LogP contribution in [0.1, 0.15) is 24.0 Å². The maximum Gasteiger partial charge on any atom is 0.194 e. The topological polar surface area (TPSA) is 47.0 Å². The van der Waals surface area contributed by atoms with Gasteiger partial charge in [-0.05, 0) is 49.2 Å². The highest BCUT2D eigenvalue weighted by atomic mass is 15.4. The molecule has 0 aliphatic carbocycles. The van der Waals surface area contributed by atoms with E-state index < -0.39 is 0 Å². The van der Waals surface area contributed by atoms with Gasteiger partial charge >= 0.3 is 0 Å². The average molecular weight is 393 g/mol. The number of aliphatic imine (C=N–C) groups is 1. The molecule has 6 heteroatoms. The van der Waals surface area contributed by atoms with Crippen LogP contribution >= 0.6 is 0 Å². The summed E-state index contributed by atoms with van der Waals surface area (Å²) in [7, 11) is 1.87. The van der Waals surface area contributed by atoms with E-state index in [2.05, 4.69) is 60.3 Å². The molecule has 4 rings (SSSR count). The van der Waals surface area contributed by atoms with Gasteiger partial charge in [-0.2, -0.15) is 0 Å². The number of likely N-dealkylation sites (tertiary alicyclic amines) is 1. The van der Waals surface area contributed by atoms with Crippen LogP contribution in [0.2, 0.25) is 0 Å². The zero-order valence-electron chi connectivity index (χ0n) is 17.4. The number of benzene rings is 1. The summed E-state index contributed by atoms with van der Waals surface area (Å²) in [4.78, 5) is 16.2. The van der Waals surface area contributed by atoms with Gasteiger partial charge in [-0.25, -0.2) is 4.98 Å². The fourth-order valence-corrected chi connectivity index (χ4v) is 4.16. The van der Waals surface area contributed by atoms with Crippen molar-refractivity contribution in [2.75, 3.05) is 51.2 Å². The smallest absolute Gasteiger partial charge is 0.194 e. The van der Waals surface area contributed by atoms with Crippen molar-refractivity contribution in [2.24, 2.45) is 4.99 Å². The van der Waals surface area contributed by atoms with Crippen molar-refractivity contribution in [2.45, 2.75) is 25.9 Å². The maximum atomic E-state index is 4.50. The number of anilines is 1. The van der Waals surface area contributed by atoms with E-state index in [1.54, 1.807) is 0 Å². The fraction of sp³-hybridized carbons (Fsp3) is 0.478. The molecule has 0 saturated carbocycles. The molecule has 0 bridgehead atoms. The minimum absolute atomic E-state index is 0.803. The molecule has 29 heavy (non-hydrogen) atoms. The van der Waals surface area contributed by atoms with Gasteiger partial charge in [0.15, 0.2) is 5.96 Å². The molecule has 1 aromatic carbocycles. The van der Waals surface area contributed by atoms with Crippen LogP contribution in [0.15, 0.2) is 53.7 Å². The van der Waals surface area contributed by atoms with Crippen LogP contribution in [0, 0.1) is 0 Å². The summed E-state index contributed by atoms with van der Waals surface area (Å²) in [6, 6.07) is 15.1. The summed E-state index contributed by atoms with van der Waals surface area (Å²) < 4.78 is 0. The lowest BCUT2D eigenvalue weighted by Gasteiger charge is -2.37. The molecule has 3 heterocycles. The Morgan fingerprint density at radius 2 is 1.66 bits per heavy atom. The Labute approximate surface area is 174 Å². The molecule has 0 radical (unpaired) electrons. The van der Waals surface area contributed by atoms with Crippen LogP contribution in [0.4, 0.5) is 5.82 Å². The predicted octanol–water partition coefficient (Wildman–Crippen LogP) is 2.58. The Bertz CT molecular complexity index is 775. The second kappa shape index (κ2) is 9.74. The molecule has 6 nitrogen and oxygen atoms in total. The van der Waals surface area contributed by atoms with E-state index in [0.717, 1.165) is 51.0 Å². The van der Waals surface area contributed by atoms with Crippen LogP contribution < -0.4 is 10.2 Å². The van der Waals surface area contributed by atoms with Crippen LogP contribution in [0.25, 0.3) is 0 Å². The lowest BCUT2D eigenvalue weighted by atomic mass is 10.1. The van der Waals surface area contributed by atoms with Crippen molar-refractivity contribution in [3.8, 4) is 0 Å². The van der Waals surface area contributed by atoms with Crippen molar-refractivity contribution in [3.63, 3.8) is 0 Å². The van der Waals surface area contributed by atoms with Gasteiger partial charge in [0, 0.05) is 52.5 Å². The summed E-state index contributed by atoms with van der Waals surface area (Å²) in [5, 5.41) is 3.53. The third kappa shape index (κ3) is 5.26. The molecule has 0 spiro atoms. The predicted molar refractivity (Wildman–Crippen MR) is 119 cm³/mol. The van der Waals surface area contributed by atoms with Gasteiger partial charge in [0.2, 0.25) is 0 Å². The molecule has 0 unspecified atom stereocenters. The van der Waals surface area contributed by atoms with Crippen molar-refractivity contribution in [3.05, 3.63) is 59.8 Å². The van der Waals surface area contributed by atoms with Gasteiger partial charge in [0.05, 0.1) is 0 Å². The van der Waals surface area contributed by atoms with Gasteiger partial charge in [0.25, 0.3) is 0 Å². The number of guanidine groups is 1. The number of rotatable bonds is 5. The molecule has 2 aliphatic heterocycles. The molecule has 2 aliphatic rings. The zero-order chi connectivity index (χ0) is 19.9. The van der Waals surface area contributed by atoms with Gasteiger partial charge in [-0.15, -0.1) is 0 Å². The Morgan fingerprint density at radius 3 is 2.31 bits per heavy atom. The third-order valence-corrected chi connectivity index (χ3v) is 5.84. The van der Waals surface area contributed by atoms with Gasteiger partial charge in [0.1, 0.15) is 5.82 Å². The Morgan fingerprint density at radius 1 is 0.931 bits per heavy atom. The van der Waals surface area contributed by atoms with Crippen LogP contribution in [0.3, 0.4) is 0 Å². The van der Waals surface area contributed by atoms with E-state index in [-0.39, 0.29) is 0 Å². The lowest BCUT2D eigenvalue weighted by molar-refractivity contribution is 0.331. The standard InChI is InChI=1S/C23H32N6/c1-24-23(29-16-14-28(15-17-29)22-6-2-3-11-25-22)26-18-20-7-9-21(10-8-20)19-27-12-4-5-13-27/h2-3,6-11H,4-5,12-19H2,1H3,(H,24,26). The molecule has 1 N–H and O–H groups in total. The summed E-state index contributed by atoms with van der Waals surface area (Å²) in [6.45, 7) is 8.19. The van der Waals surface area contributed by atoms with Crippen molar-refractivity contribution < 1.29 is 0 Å². The first kappa shape index (κ1) is 19.7. The first-order valence-corrected chi connectivity index (χ1v) is 10.7. The van der Waals surface area contributed by atoms with E-state index >= 15 is 0 Å². The minimum Gasteiger partial charge on any atom is -0.353 e. The SMILES string of the molecule is CN=C(NCc1ccc(CN2CCCC2)cc1)N1CCN(c2ccccn2)CC1. The summed E-state index contributed by atoms with van der Waals surface area (Å²) in [5.74, 6) is 2.04. The van der Waals surface area contributed by atoms with Crippen molar-refractivity contribution >= 4 is 11.8 Å². The maximum absolute atomic E-state index is 4.50. The van der Waals surface area contributed by atoms with Crippen LogP contribution in [-0.2, 0) is 13.1 Å². The number of nitrogens with one attached hydrogen (secondary N) is 1. The van der Waals surface area contributed by atoms with Gasteiger partial charge in [-0.3, -0.25) is 9.89 Å². The molecular weight excluding hydrogens is 360 g/mol. The number of aromatic nitrogens is 1. The highest BCUT2D eigenvalue weighted by Gasteiger charge is 2.20. The molecule has 0 atom stereocenters. The normalized spacial score (nSPS) is 18.3. The molecular formula is C23H32N6. The first-order valence-electron chi connectivity index (χ1n) is 10.7. The fourth-order valence-electron chi connectivity index (χ4n) is 4.16. The molecule has 0 amide bonds. The van der Waals surface area contributed by atoms with E-state index in [1.165, 1.54) is 37.1 Å². The molecule has 1 aromatic heterocycles. The van der Waals surface area contributed by atoms with E-state index in [1.807, 2.05) is 25.4 Å².